The molecule has 2 unspecified atom stereocenters. The Kier molecular flexibility index (Phi) is 5.68. The molecule has 4 heteroatoms. The van der Waals surface area contributed by atoms with Gasteiger partial charge in [0.25, 0.3) is 0 Å². The van der Waals surface area contributed by atoms with Crippen molar-refractivity contribution in [2.24, 2.45) is 5.73 Å². The number of nitrogens with zero attached hydrogens (tertiary/aromatic N) is 1. The van der Waals surface area contributed by atoms with E-state index in [0.717, 1.165) is 12.0 Å². The zero-order chi connectivity index (χ0) is 11.1. The van der Waals surface area contributed by atoms with E-state index in [1.165, 1.54) is 0 Å². The molecule has 0 amide bonds. The predicted octanol–water partition coefficient (Wildman–Crippen LogP) is 1.59. The topological polar surface area (TPSA) is 59.1 Å². The Balaban J connectivity index is 2.72. The van der Waals surface area contributed by atoms with E-state index in [1.807, 2.05) is 18.3 Å². The highest BCUT2D eigenvalue weighted by Gasteiger charge is 2.18. The van der Waals surface area contributed by atoms with E-state index in [9.17, 15) is 0 Å². The Labute approximate surface area is 95.1 Å². The number of nitrogens with two attached hydrogens (primary N) is 1. The molecule has 0 aliphatic rings. The van der Waals surface area contributed by atoms with Gasteiger partial charge in [-0.15, -0.1) is 11.8 Å². The number of aliphatic hydroxyl groups is 1. The highest BCUT2D eigenvalue weighted by atomic mass is 32.2. The van der Waals surface area contributed by atoms with Crippen molar-refractivity contribution in [2.45, 2.75) is 24.6 Å². The first-order chi connectivity index (χ1) is 7.29. The molecule has 1 heterocycles. The Morgan fingerprint density at radius 1 is 1.60 bits per heavy atom. The summed E-state index contributed by atoms with van der Waals surface area (Å²) in [4.78, 5) is 4.10. The van der Waals surface area contributed by atoms with Crippen LogP contribution in [0.15, 0.2) is 24.5 Å². The molecule has 3 N–H and O–H groups in total. The van der Waals surface area contributed by atoms with Crippen LogP contribution in [-0.4, -0.2) is 28.5 Å². The fraction of sp³-hybridized carbons (Fsp3) is 0.545. The van der Waals surface area contributed by atoms with Crippen LogP contribution in [0.4, 0.5) is 0 Å². The maximum absolute atomic E-state index is 8.84. The fourth-order valence-corrected chi connectivity index (χ4v) is 2.54. The van der Waals surface area contributed by atoms with Crippen molar-refractivity contribution in [3.05, 3.63) is 30.1 Å². The van der Waals surface area contributed by atoms with Crippen molar-refractivity contribution in [3.8, 4) is 0 Å². The maximum Gasteiger partial charge on any atom is 0.0521 e. The number of thioether (sulfide) groups is 1. The van der Waals surface area contributed by atoms with Crippen LogP contribution < -0.4 is 5.73 Å². The van der Waals surface area contributed by atoms with Gasteiger partial charge in [0.15, 0.2) is 0 Å². The average Bonchev–Trinajstić information content (AvgIpc) is 2.30. The van der Waals surface area contributed by atoms with Crippen molar-refractivity contribution in [1.82, 2.24) is 4.98 Å². The Morgan fingerprint density at radius 3 is 2.93 bits per heavy atom. The summed E-state index contributed by atoms with van der Waals surface area (Å²) in [5, 5.41) is 9.07. The second-order valence-corrected chi connectivity index (χ2v) is 4.62. The molecule has 2 atom stereocenters. The van der Waals surface area contributed by atoms with Crippen LogP contribution >= 0.6 is 11.8 Å². The van der Waals surface area contributed by atoms with Gasteiger partial charge in [0.05, 0.1) is 6.61 Å². The highest BCUT2D eigenvalue weighted by Crippen LogP contribution is 2.31. The van der Waals surface area contributed by atoms with Crippen molar-refractivity contribution < 1.29 is 5.11 Å². The highest BCUT2D eigenvalue weighted by molar-refractivity contribution is 7.99. The predicted molar refractivity (Wildman–Crippen MR) is 64.8 cm³/mol. The monoisotopic (exact) mass is 226 g/mol. The lowest BCUT2D eigenvalue weighted by Crippen LogP contribution is -2.26. The molecule has 84 valence electrons. The third-order valence-electron chi connectivity index (χ3n) is 2.26. The summed E-state index contributed by atoms with van der Waals surface area (Å²) in [7, 11) is 0. The molecular weight excluding hydrogens is 208 g/mol. The van der Waals surface area contributed by atoms with Gasteiger partial charge in [-0.2, -0.15) is 0 Å². The Morgan fingerprint density at radius 2 is 2.40 bits per heavy atom. The second-order valence-electron chi connectivity index (χ2n) is 3.37. The van der Waals surface area contributed by atoms with Gasteiger partial charge in [0.2, 0.25) is 0 Å². The molecule has 0 saturated heterocycles. The number of aromatic nitrogens is 1. The summed E-state index contributed by atoms with van der Waals surface area (Å²) in [6.45, 7) is 2.27. The summed E-state index contributed by atoms with van der Waals surface area (Å²) in [5.41, 5.74) is 7.20. The average molecular weight is 226 g/mol. The minimum atomic E-state index is 0.116. The van der Waals surface area contributed by atoms with Crippen LogP contribution in [0.5, 0.6) is 0 Å². The molecule has 1 aromatic heterocycles. The smallest absolute Gasteiger partial charge is 0.0521 e. The molecule has 0 fully saturated rings. The molecule has 3 nitrogen and oxygen atoms in total. The zero-order valence-electron chi connectivity index (χ0n) is 8.97. The number of aliphatic hydroxyl groups excluding tert-OH is 1. The molecule has 0 spiro atoms. The van der Waals surface area contributed by atoms with E-state index in [1.54, 1.807) is 18.0 Å². The largest absolute Gasteiger partial charge is 0.396 e. The molecule has 0 aromatic carbocycles. The second kappa shape index (κ2) is 6.82. The lowest BCUT2D eigenvalue weighted by atomic mass is 10.1. The van der Waals surface area contributed by atoms with Gasteiger partial charge in [0.1, 0.15) is 0 Å². The van der Waals surface area contributed by atoms with Crippen LogP contribution in [-0.2, 0) is 0 Å². The van der Waals surface area contributed by atoms with Crippen LogP contribution in [0.25, 0.3) is 0 Å². The van der Waals surface area contributed by atoms with E-state index in [-0.39, 0.29) is 17.9 Å². The first-order valence-electron chi connectivity index (χ1n) is 5.17. The SMILES string of the molecule is CCC(N)C(SCCO)c1cccnc1. The molecule has 0 radical (unpaired) electrons. The van der Waals surface area contributed by atoms with Crippen LogP contribution in [0.2, 0.25) is 0 Å². The van der Waals surface area contributed by atoms with Gasteiger partial charge in [-0.25, -0.2) is 0 Å². The fourth-order valence-electron chi connectivity index (χ4n) is 1.41. The third-order valence-corrected chi connectivity index (χ3v) is 3.66. The van der Waals surface area contributed by atoms with E-state index in [4.69, 9.17) is 10.8 Å². The zero-order valence-corrected chi connectivity index (χ0v) is 9.78. The van der Waals surface area contributed by atoms with Crippen molar-refractivity contribution in [2.75, 3.05) is 12.4 Å². The lowest BCUT2D eigenvalue weighted by molar-refractivity contribution is 0.322. The summed E-state index contributed by atoms with van der Waals surface area (Å²) in [6, 6.07) is 4.08. The van der Waals surface area contributed by atoms with Gasteiger partial charge < -0.3 is 10.8 Å². The maximum atomic E-state index is 8.84. The standard InChI is InChI=1S/C11H18N2OS/c1-2-10(12)11(15-7-6-14)9-4-3-5-13-8-9/h3-5,8,10-11,14H,2,6-7,12H2,1H3. The number of rotatable bonds is 6. The van der Waals surface area contributed by atoms with Crippen LogP contribution in [0, 0.1) is 0 Å². The Bertz CT molecular complexity index is 269. The minimum Gasteiger partial charge on any atom is -0.396 e. The third kappa shape index (κ3) is 3.81. The molecule has 0 bridgehead atoms. The van der Waals surface area contributed by atoms with Crippen LogP contribution in [0.1, 0.15) is 24.2 Å². The van der Waals surface area contributed by atoms with Crippen molar-refractivity contribution in [1.29, 1.82) is 0 Å². The number of hydrogen-bond donors (Lipinski definition) is 2. The van der Waals surface area contributed by atoms with E-state index < -0.39 is 0 Å². The Hall–Kier alpha value is -0.580. The molecule has 15 heavy (non-hydrogen) atoms. The summed E-state index contributed by atoms with van der Waals surface area (Å²) >= 11 is 1.69. The van der Waals surface area contributed by atoms with Crippen molar-refractivity contribution in [3.63, 3.8) is 0 Å². The van der Waals surface area contributed by atoms with E-state index in [0.29, 0.717) is 5.75 Å². The van der Waals surface area contributed by atoms with Crippen LogP contribution in [0.3, 0.4) is 0 Å². The lowest BCUT2D eigenvalue weighted by Gasteiger charge is -2.22. The molecule has 1 rings (SSSR count). The van der Waals surface area contributed by atoms with Gasteiger partial charge in [-0.05, 0) is 18.1 Å². The number of hydrogen-bond acceptors (Lipinski definition) is 4. The van der Waals surface area contributed by atoms with Crippen molar-refractivity contribution >= 4 is 11.8 Å². The summed E-state index contributed by atoms with van der Waals surface area (Å²) < 4.78 is 0. The van der Waals surface area contributed by atoms with Gasteiger partial charge >= 0.3 is 0 Å². The molecule has 0 aliphatic heterocycles. The molecule has 1 aromatic rings. The number of pyridine rings is 1. The molecule has 0 saturated carbocycles. The van der Waals surface area contributed by atoms with Gasteiger partial charge in [-0.3, -0.25) is 4.98 Å². The molecule has 0 aliphatic carbocycles. The van der Waals surface area contributed by atoms with E-state index in [2.05, 4.69) is 11.9 Å². The normalized spacial score (nSPS) is 14.9. The minimum absolute atomic E-state index is 0.116. The van der Waals surface area contributed by atoms with Gasteiger partial charge in [-0.1, -0.05) is 13.0 Å². The molecular formula is C11H18N2OS. The first-order valence-corrected chi connectivity index (χ1v) is 6.22. The first kappa shape index (κ1) is 12.5. The van der Waals surface area contributed by atoms with E-state index >= 15 is 0 Å². The summed E-state index contributed by atoms with van der Waals surface area (Å²) in [5.74, 6) is 0.716. The quantitative estimate of drug-likeness (QED) is 0.773. The summed E-state index contributed by atoms with van der Waals surface area (Å²) in [6.07, 6.45) is 4.54. The van der Waals surface area contributed by atoms with Gasteiger partial charge in [0, 0.05) is 29.4 Å².